The van der Waals surface area contributed by atoms with Crippen LogP contribution in [0.5, 0.6) is 11.5 Å². The zero-order valence-corrected chi connectivity index (χ0v) is 17.4. The molecule has 7 nitrogen and oxygen atoms in total. The molecular formula is C23H27N3O4. The van der Waals surface area contributed by atoms with Gasteiger partial charge in [-0.1, -0.05) is 0 Å². The fourth-order valence-corrected chi connectivity index (χ4v) is 3.80. The molecule has 4 rings (SSSR count). The fraction of sp³-hybridized carbons (Fsp3) is 0.391. The zero-order valence-electron chi connectivity index (χ0n) is 17.4. The van der Waals surface area contributed by atoms with E-state index in [2.05, 4.69) is 15.4 Å². The third-order valence-electron chi connectivity index (χ3n) is 5.17. The van der Waals surface area contributed by atoms with Crippen molar-refractivity contribution in [3.63, 3.8) is 0 Å². The largest absolute Gasteiger partial charge is 0.494 e. The summed E-state index contributed by atoms with van der Waals surface area (Å²) < 4.78 is 16.7. The Bertz CT molecular complexity index is 894. The van der Waals surface area contributed by atoms with Gasteiger partial charge < -0.3 is 14.2 Å². The van der Waals surface area contributed by atoms with Crippen molar-refractivity contribution in [2.45, 2.75) is 13.8 Å². The number of benzene rings is 2. The molecule has 2 aliphatic rings. The van der Waals surface area contributed by atoms with Gasteiger partial charge in [0.05, 0.1) is 38.7 Å². The van der Waals surface area contributed by atoms with E-state index in [-0.39, 0.29) is 5.91 Å². The van der Waals surface area contributed by atoms with Crippen LogP contribution in [0.2, 0.25) is 0 Å². The van der Waals surface area contributed by atoms with E-state index >= 15 is 0 Å². The first-order valence-electron chi connectivity index (χ1n) is 10.4. The van der Waals surface area contributed by atoms with Gasteiger partial charge in [-0.2, -0.15) is 5.10 Å². The first kappa shape index (κ1) is 20.4. The van der Waals surface area contributed by atoms with Crippen LogP contribution in [-0.2, 0) is 9.53 Å². The predicted molar refractivity (Wildman–Crippen MR) is 115 cm³/mol. The molecule has 0 saturated carbocycles. The van der Waals surface area contributed by atoms with Crippen molar-refractivity contribution in [1.29, 1.82) is 0 Å². The van der Waals surface area contributed by atoms with Crippen LogP contribution in [0.3, 0.4) is 0 Å². The number of morpholine rings is 1. The number of fused-ring (bicyclic) bond motifs is 3. The first-order valence-corrected chi connectivity index (χ1v) is 10.4. The standard InChI is InChI=1S/C23H27N3O4/c1-3-29-16-5-7-18-19-8-6-17(30-4-2)14-21(19)23(20(18)13-16)25-24-22(27)15-26-9-11-28-12-10-26/h5-8,13-14H,3-4,9-12,15H2,1-2H3,(H,24,27). The molecule has 1 N–H and O–H groups in total. The van der Waals surface area contributed by atoms with Gasteiger partial charge in [-0.3, -0.25) is 9.69 Å². The molecule has 1 amide bonds. The van der Waals surface area contributed by atoms with Gasteiger partial charge in [0, 0.05) is 24.2 Å². The number of hydrazone groups is 1. The van der Waals surface area contributed by atoms with Crippen molar-refractivity contribution in [1.82, 2.24) is 10.3 Å². The summed E-state index contributed by atoms with van der Waals surface area (Å²) in [5, 5.41) is 4.52. The molecule has 2 aromatic carbocycles. The third kappa shape index (κ3) is 4.32. The lowest BCUT2D eigenvalue weighted by molar-refractivity contribution is -0.123. The molecule has 158 valence electrons. The maximum atomic E-state index is 12.5. The van der Waals surface area contributed by atoms with Crippen molar-refractivity contribution < 1.29 is 19.0 Å². The smallest absolute Gasteiger partial charge is 0.254 e. The van der Waals surface area contributed by atoms with Gasteiger partial charge in [-0.15, -0.1) is 0 Å². The van der Waals surface area contributed by atoms with Crippen molar-refractivity contribution in [2.75, 3.05) is 46.1 Å². The van der Waals surface area contributed by atoms with E-state index in [1.54, 1.807) is 0 Å². The lowest BCUT2D eigenvalue weighted by Gasteiger charge is -2.25. The SMILES string of the molecule is CCOc1ccc2c(c1)C(=NNC(=O)CN1CCOCC1)c1cc(OCC)ccc1-2. The molecule has 1 aliphatic carbocycles. The van der Waals surface area contributed by atoms with Crippen molar-refractivity contribution in [3.05, 3.63) is 47.5 Å². The second-order valence-corrected chi connectivity index (χ2v) is 7.16. The molecule has 1 heterocycles. The minimum atomic E-state index is -0.138. The molecule has 1 fully saturated rings. The number of carbonyl (C=O) groups excluding carboxylic acids is 1. The number of hydrogen-bond donors (Lipinski definition) is 1. The zero-order chi connectivity index (χ0) is 20.9. The van der Waals surface area contributed by atoms with E-state index in [4.69, 9.17) is 14.2 Å². The lowest BCUT2D eigenvalue weighted by atomic mass is 10.1. The van der Waals surface area contributed by atoms with Gasteiger partial charge in [-0.25, -0.2) is 5.43 Å². The van der Waals surface area contributed by atoms with Crippen LogP contribution in [0.25, 0.3) is 11.1 Å². The molecular weight excluding hydrogens is 382 g/mol. The predicted octanol–water partition coefficient (Wildman–Crippen LogP) is 2.67. The van der Waals surface area contributed by atoms with Gasteiger partial charge in [0.1, 0.15) is 11.5 Å². The Labute approximate surface area is 176 Å². The van der Waals surface area contributed by atoms with Gasteiger partial charge in [0.15, 0.2) is 0 Å². The number of rotatable bonds is 7. The Morgan fingerprint density at radius 1 is 0.967 bits per heavy atom. The molecule has 0 atom stereocenters. The normalized spacial score (nSPS) is 15.3. The maximum Gasteiger partial charge on any atom is 0.254 e. The molecule has 0 unspecified atom stereocenters. The average Bonchev–Trinajstić information content (AvgIpc) is 3.06. The van der Waals surface area contributed by atoms with Crippen LogP contribution >= 0.6 is 0 Å². The summed E-state index contributed by atoms with van der Waals surface area (Å²) in [7, 11) is 0. The Morgan fingerprint density at radius 3 is 2.07 bits per heavy atom. The number of ether oxygens (including phenoxy) is 3. The molecule has 0 aromatic heterocycles. The van der Waals surface area contributed by atoms with E-state index in [0.29, 0.717) is 33.0 Å². The second kappa shape index (κ2) is 9.28. The van der Waals surface area contributed by atoms with Crippen LogP contribution < -0.4 is 14.9 Å². The van der Waals surface area contributed by atoms with E-state index in [9.17, 15) is 4.79 Å². The molecule has 0 bridgehead atoms. The summed E-state index contributed by atoms with van der Waals surface area (Å²) in [6.45, 7) is 8.21. The number of nitrogens with zero attached hydrogens (tertiary/aromatic N) is 2. The Hall–Kier alpha value is -2.90. The van der Waals surface area contributed by atoms with Crippen LogP contribution in [0.1, 0.15) is 25.0 Å². The van der Waals surface area contributed by atoms with Crippen LogP contribution in [-0.4, -0.2) is 62.6 Å². The molecule has 0 spiro atoms. The summed E-state index contributed by atoms with van der Waals surface area (Å²) in [5.41, 5.74) is 7.48. The van der Waals surface area contributed by atoms with Crippen LogP contribution in [0.15, 0.2) is 41.5 Å². The fourth-order valence-electron chi connectivity index (χ4n) is 3.80. The summed E-state index contributed by atoms with van der Waals surface area (Å²) in [4.78, 5) is 14.5. The molecule has 30 heavy (non-hydrogen) atoms. The van der Waals surface area contributed by atoms with E-state index in [1.807, 2.05) is 50.2 Å². The summed E-state index contributed by atoms with van der Waals surface area (Å²) in [6, 6.07) is 12.0. The summed E-state index contributed by atoms with van der Waals surface area (Å²) in [5.74, 6) is 1.42. The number of carbonyl (C=O) groups is 1. The summed E-state index contributed by atoms with van der Waals surface area (Å²) >= 11 is 0. The lowest BCUT2D eigenvalue weighted by Crippen LogP contribution is -2.42. The van der Waals surface area contributed by atoms with Gasteiger partial charge in [-0.05, 0) is 61.4 Å². The van der Waals surface area contributed by atoms with Gasteiger partial charge >= 0.3 is 0 Å². The highest BCUT2D eigenvalue weighted by atomic mass is 16.5. The number of hydrogen-bond acceptors (Lipinski definition) is 6. The van der Waals surface area contributed by atoms with Crippen molar-refractivity contribution in [2.24, 2.45) is 5.10 Å². The van der Waals surface area contributed by atoms with E-state index < -0.39 is 0 Å². The monoisotopic (exact) mass is 409 g/mol. The minimum Gasteiger partial charge on any atom is -0.494 e. The molecule has 1 aliphatic heterocycles. The third-order valence-corrected chi connectivity index (χ3v) is 5.17. The highest BCUT2D eigenvalue weighted by Crippen LogP contribution is 2.40. The number of amides is 1. The summed E-state index contributed by atoms with van der Waals surface area (Å²) in [6.07, 6.45) is 0. The molecule has 0 radical (unpaired) electrons. The highest BCUT2D eigenvalue weighted by Gasteiger charge is 2.27. The molecule has 7 heteroatoms. The number of nitrogens with one attached hydrogen (secondary N) is 1. The topological polar surface area (TPSA) is 72.4 Å². The highest BCUT2D eigenvalue weighted by molar-refractivity contribution is 6.25. The van der Waals surface area contributed by atoms with Gasteiger partial charge in [0.2, 0.25) is 0 Å². The van der Waals surface area contributed by atoms with Gasteiger partial charge in [0.25, 0.3) is 5.91 Å². The Kier molecular flexibility index (Phi) is 6.30. The Balaban J connectivity index is 1.63. The Morgan fingerprint density at radius 2 is 1.53 bits per heavy atom. The van der Waals surface area contributed by atoms with Crippen molar-refractivity contribution in [3.8, 4) is 22.6 Å². The molecule has 1 saturated heterocycles. The quantitative estimate of drug-likeness (QED) is 0.608. The van der Waals surface area contributed by atoms with Crippen LogP contribution in [0, 0.1) is 0 Å². The van der Waals surface area contributed by atoms with Crippen molar-refractivity contribution >= 4 is 11.6 Å². The molecule has 2 aromatic rings. The van der Waals surface area contributed by atoms with E-state index in [1.165, 1.54) is 0 Å². The first-order chi connectivity index (χ1) is 14.7. The minimum absolute atomic E-state index is 0.138. The van der Waals surface area contributed by atoms with E-state index in [0.717, 1.165) is 52.6 Å². The second-order valence-electron chi connectivity index (χ2n) is 7.16. The van der Waals surface area contributed by atoms with Crippen LogP contribution in [0.4, 0.5) is 0 Å². The average molecular weight is 409 g/mol. The maximum absolute atomic E-state index is 12.5.